The van der Waals surface area contributed by atoms with Gasteiger partial charge in [0.15, 0.2) is 0 Å². The zero-order chi connectivity index (χ0) is 16.9. The summed E-state index contributed by atoms with van der Waals surface area (Å²) in [7, 11) is 2.15. The molecule has 0 unspecified atom stereocenters. The summed E-state index contributed by atoms with van der Waals surface area (Å²) >= 11 is 1.95. The van der Waals surface area contributed by atoms with Crippen molar-refractivity contribution in [3.63, 3.8) is 0 Å². The van der Waals surface area contributed by atoms with Gasteiger partial charge in [0.1, 0.15) is 5.76 Å². The molecule has 1 aliphatic rings. The highest BCUT2D eigenvalue weighted by Gasteiger charge is 2.13. The van der Waals surface area contributed by atoms with Crippen molar-refractivity contribution >= 4 is 11.3 Å². The minimum absolute atomic E-state index is 0.395. The first kappa shape index (κ1) is 17.6. The van der Waals surface area contributed by atoms with Gasteiger partial charge in [-0.2, -0.15) is 0 Å². The molecule has 0 atom stereocenters. The molecule has 3 rings (SSSR count). The lowest BCUT2D eigenvalue weighted by Crippen LogP contribution is -2.28. The van der Waals surface area contributed by atoms with Gasteiger partial charge in [-0.25, -0.2) is 0 Å². The van der Waals surface area contributed by atoms with Crippen molar-refractivity contribution in [1.29, 1.82) is 0 Å². The van der Waals surface area contributed by atoms with Gasteiger partial charge in [0, 0.05) is 41.4 Å². The quantitative estimate of drug-likeness (QED) is 0.739. The number of aromatic nitrogens is 1. The van der Waals surface area contributed by atoms with E-state index in [1.54, 1.807) is 0 Å². The van der Waals surface area contributed by atoms with Gasteiger partial charge < -0.3 is 4.52 Å². The van der Waals surface area contributed by atoms with Crippen LogP contribution in [0.15, 0.2) is 22.7 Å². The molecule has 1 saturated heterocycles. The molecule has 0 N–H and O–H groups in total. The minimum Gasteiger partial charge on any atom is -0.361 e. The number of hydrogen-bond donors (Lipinski definition) is 0. The maximum Gasteiger partial charge on any atom is 0.139 e. The van der Waals surface area contributed by atoms with E-state index in [-0.39, 0.29) is 0 Å². The Kier molecular flexibility index (Phi) is 6.09. The van der Waals surface area contributed by atoms with Crippen LogP contribution >= 0.6 is 11.3 Å². The van der Waals surface area contributed by atoms with E-state index >= 15 is 0 Å². The summed E-state index contributed by atoms with van der Waals surface area (Å²) in [5.74, 6) is 1.37. The summed E-state index contributed by atoms with van der Waals surface area (Å²) in [6.07, 6.45) is 4.12. The SMILES string of the molecule is CC(C)c1cc(CN(C)Cc2ccc(CN3CCCCC3)s2)no1. The third-order valence-corrected chi connectivity index (χ3v) is 5.60. The molecule has 1 fully saturated rings. The highest BCUT2D eigenvalue weighted by molar-refractivity contribution is 7.11. The summed E-state index contributed by atoms with van der Waals surface area (Å²) < 4.78 is 5.39. The van der Waals surface area contributed by atoms with E-state index < -0.39 is 0 Å². The van der Waals surface area contributed by atoms with Crippen molar-refractivity contribution in [2.24, 2.45) is 0 Å². The predicted molar refractivity (Wildman–Crippen MR) is 99.2 cm³/mol. The Morgan fingerprint density at radius 3 is 2.62 bits per heavy atom. The summed E-state index contributed by atoms with van der Waals surface area (Å²) in [5, 5.41) is 4.18. The fraction of sp³-hybridized carbons (Fsp3) is 0.632. The molecule has 2 aromatic heterocycles. The number of rotatable bonds is 7. The third kappa shape index (κ3) is 4.91. The monoisotopic (exact) mass is 347 g/mol. The van der Waals surface area contributed by atoms with Crippen LogP contribution in [-0.4, -0.2) is 35.1 Å². The van der Waals surface area contributed by atoms with Crippen molar-refractivity contribution in [2.45, 2.75) is 58.7 Å². The smallest absolute Gasteiger partial charge is 0.139 e. The highest BCUT2D eigenvalue weighted by atomic mass is 32.1. The Hall–Kier alpha value is -1.17. The Morgan fingerprint density at radius 1 is 1.17 bits per heavy atom. The molecular formula is C19H29N3OS. The Morgan fingerprint density at radius 2 is 1.92 bits per heavy atom. The average molecular weight is 348 g/mol. The van der Waals surface area contributed by atoms with Crippen molar-refractivity contribution in [3.8, 4) is 0 Å². The lowest BCUT2D eigenvalue weighted by molar-refractivity contribution is 0.222. The van der Waals surface area contributed by atoms with E-state index in [1.807, 2.05) is 11.3 Å². The van der Waals surface area contributed by atoms with Crippen molar-refractivity contribution in [2.75, 3.05) is 20.1 Å². The average Bonchev–Trinajstić information content (AvgIpc) is 3.18. The van der Waals surface area contributed by atoms with Gasteiger partial charge in [-0.05, 0) is 45.1 Å². The molecule has 0 amide bonds. The number of thiophene rings is 1. The molecule has 0 spiro atoms. The zero-order valence-corrected chi connectivity index (χ0v) is 15.9. The third-order valence-electron chi connectivity index (χ3n) is 4.55. The van der Waals surface area contributed by atoms with E-state index in [9.17, 15) is 0 Å². The molecule has 1 aliphatic heterocycles. The number of likely N-dealkylation sites (tertiary alicyclic amines) is 1. The van der Waals surface area contributed by atoms with Crippen LogP contribution in [0.3, 0.4) is 0 Å². The molecule has 4 nitrogen and oxygen atoms in total. The van der Waals surface area contributed by atoms with Crippen molar-refractivity contribution in [3.05, 3.63) is 39.4 Å². The predicted octanol–water partition coefficient (Wildman–Crippen LogP) is 4.48. The Balaban J connectivity index is 1.49. The first-order valence-corrected chi connectivity index (χ1v) is 9.86. The molecule has 0 aliphatic carbocycles. The van der Waals surface area contributed by atoms with Gasteiger partial charge in [0.25, 0.3) is 0 Å². The molecule has 0 saturated carbocycles. The lowest BCUT2D eigenvalue weighted by Gasteiger charge is -2.25. The van der Waals surface area contributed by atoms with E-state index in [4.69, 9.17) is 4.52 Å². The minimum atomic E-state index is 0.395. The molecule has 0 aromatic carbocycles. The summed E-state index contributed by atoms with van der Waals surface area (Å²) in [4.78, 5) is 7.81. The number of piperidine rings is 1. The van der Waals surface area contributed by atoms with Crippen molar-refractivity contribution in [1.82, 2.24) is 15.0 Å². The molecule has 3 heterocycles. The molecule has 24 heavy (non-hydrogen) atoms. The zero-order valence-electron chi connectivity index (χ0n) is 15.1. The van der Waals surface area contributed by atoms with Crippen molar-refractivity contribution < 1.29 is 4.52 Å². The molecule has 0 bridgehead atoms. The van der Waals surface area contributed by atoms with Crippen LogP contribution in [0.25, 0.3) is 0 Å². The number of hydrogen-bond acceptors (Lipinski definition) is 5. The second-order valence-electron chi connectivity index (χ2n) is 7.25. The molecule has 132 valence electrons. The summed E-state index contributed by atoms with van der Waals surface area (Å²) in [6, 6.07) is 6.66. The van der Waals surface area contributed by atoms with Crippen LogP contribution in [0.2, 0.25) is 0 Å². The van der Waals surface area contributed by atoms with Crippen LogP contribution in [0.1, 0.15) is 60.2 Å². The van der Waals surface area contributed by atoms with Gasteiger partial charge in [0.05, 0.1) is 5.69 Å². The van der Waals surface area contributed by atoms with Crippen LogP contribution in [0.5, 0.6) is 0 Å². The molecule has 2 aromatic rings. The second-order valence-corrected chi connectivity index (χ2v) is 8.51. The summed E-state index contributed by atoms with van der Waals surface area (Å²) in [5.41, 5.74) is 1.02. The standard InChI is InChI=1S/C19H29N3OS/c1-15(2)19-11-16(20-23-19)12-21(3)13-17-7-8-18(24-17)14-22-9-5-4-6-10-22/h7-8,11,15H,4-6,9-10,12-14H2,1-3H3. The largest absolute Gasteiger partial charge is 0.361 e. The Labute approximate surface area is 149 Å². The topological polar surface area (TPSA) is 32.5 Å². The van der Waals surface area contributed by atoms with E-state index in [1.165, 1.54) is 42.1 Å². The van der Waals surface area contributed by atoms with E-state index in [0.29, 0.717) is 5.92 Å². The summed E-state index contributed by atoms with van der Waals surface area (Å²) in [6.45, 7) is 9.70. The molecule has 5 heteroatoms. The van der Waals surface area contributed by atoms with Gasteiger partial charge >= 0.3 is 0 Å². The van der Waals surface area contributed by atoms with Gasteiger partial charge in [-0.3, -0.25) is 9.80 Å². The van der Waals surface area contributed by atoms with Gasteiger partial charge in [-0.15, -0.1) is 11.3 Å². The normalized spacial score (nSPS) is 16.4. The number of nitrogens with zero attached hydrogens (tertiary/aromatic N) is 3. The van der Waals surface area contributed by atoms with Crippen LogP contribution in [0.4, 0.5) is 0 Å². The van der Waals surface area contributed by atoms with Crippen LogP contribution < -0.4 is 0 Å². The van der Waals surface area contributed by atoms with Gasteiger partial charge in [-0.1, -0.05) is 25.4 Å². The van der Waals surface area contributed by atoms with Gasteiger partial charge in [0.2, 0.25) is 0 Å². The Bertz CT molecular complexity index is 628. The lowest BCUT2D eigenvalue weighted by atomic mass is 10.1. The highest BCUT2D eigenvalue weighted by Crippen LogP contribution is 2.22. The van der Waals surface area contributed by atoms with Crippen LogP contribution in [0, 0.1) is 0 Å². The first-order chi connectivity index (χ1) is 11.6. The molecule has 0 radical (unpaired) electrons. The first-order valence-electron chi connectivity index (χ1n) is 9.04. The van der Waals surface area contributed by atoms with E-state index in [0.717, 1.165) is 31.1 Å². The maximum atomic E-state index is 5.39. The maximum absolute atomic E-state index is 5.39. The van der Waals surface area contributed by atoms with Crippen LogP contribution in [-0.2, 0) is 19.6 Å². The second kappa shape index (κ2) is 8.28. The van der Waals surface area contributed by atoms with E-state index in [2.05, 4.69) is 54.1 Å². The fourth-order valence-corrected chi connectivity index (χ4v) is 4.34. The fourth-order valence-electron chi connectivity index (χ4n) is 3.20. The molecular weight excluding hydrogens is 318 g/mol.